The normalized spacial score (nSPS) is 10.3. The van der Waals surface area contributed by atoms with Crippen molar-refractivity contribution in [3.63, 3.8) is 0 Å². The minimum atomic E-state index is 0.597. The molecule has 1 aromatic carbocycles. The van der Waals surface area contributed by atoms with Crippen molar-refractivity contribution in [1.29, 1.82) is 0 Å². The Bertz CT molecular complexity index is 583. The van der Waals surface area contributed by atoms with Crippen LogP contribution in [0.4, 0.5) is 5.69 Å². The molecule has 4 nitrogen and oxygen atoms in total. The fraction of sp³-hybridized carbons (Fsp3) is 0.333. The maximum absolute atomic E-state index is 5.34. The fourth-order valence-corrected chi connectivity index (χ4v) is 3.52. The monoisotopic (exact) mass is 371 g/mol. The summed E-state index contributed by atoms with van der Waals surface area (Å²) in [5, 5.41) is 3.38. The molecule has 0 radical (unpaired) electrons. The van der Waals surface area contributed by atoms with Crippen LogP contribution < -0.4 is 19.5 Å². The van der Waals surface area contributed by atoms with Crippen molar-refractivity contribution in [3.05, 3.63) is 32.4 Å². The number of rotatable bonds is 6. The Morgan fingerprint density at radius 2 is 1.67 bits per heavy atom. The average molecular weight is 372 g/mol. The highest BCUT2D eigenvalue weighted by Gasteiger charge is 2.13. The molecule has 0 spiro atoms. The molecular formula is C15H18BrNO3S. The molecule has 0 atom stereocenters. The van der Waals surface area contributed by atoms with E-state index in [4.69, 9.17) is 14.2 Å². The molecule has 1 heterocycles. The van der Waals surface area contributed by atoms with Gasteiger partial charge >= 0.3 is 0 Å². The van der Waals surface area contributed by atoms with E-state index >= 15 is 0 Å². The van der Waals surface area contributed by atoms with Gasteiger partial charge in [0.25, 0.3) is 0 Å². The van der Waals surface area contributed by atoms with Gasteiger partial charge in [-0.3, -0.25) is 0 Å². The van der Waals surface area contributed by atoms with Gasteiger partial charge in [-0.05, 0) is 28.9 Å². The summed E-state index contributed by atoms with van der Waals surface area (Å²) in [5.74, 6) is 1.88. The summed E-state index contributed by atoms with van der Waals surface area (Å²) < 4.78 is 17.2. The minimum absolute atomic E-state index is 0.597. The van der Waals surface area contributed by atoms with Gasteiger partial charge in [-0.15, -0.1) is 11.3 Å². The van der Waals surface area contributed by atoms with Crippen molar-refractivity contribution in [1.82, 2.24) is 0 Å². The van der Waals surface area contributed by atoms with E-state index in [0.29, 0.717) is 17.2 Å². The van der Waals surface area contributed by atoms with E-state index in [9.17, 15) is 0 Å². The lowest BCUT2D eigenvalue weighted by atomic mass is 10.2. The molecular weight excluding hydrogens is 354 g/mol. The summed E-state index contributed by atoms with van der Waals surface area (Å²) in [6.07, 6.45) is 0. The highest BCUT2D eigenvalue weighted by Crippen LogP contribution is 2.40. The number of benzene rings is 1. The summed E-state index contributed by atoms with van der Waals surface area (Å²) in [4.78, 5) is 2.53. The van der Waals surface area contributed by atoms with Crippen molar-refractivity contribution < 1.29 is 14.2 Å². The van der Waals surface area contributed by atoms with Gasteiger partial charge in [-0.1, -0.05) is 0 Å². The molecule has 21 heavy (non-hydrogen) atoms. The largest absolute Gasteiger partial charge is 0.493 e. The van der Waals surface area contributed by atoms with E-state index in [1.54, 1.807) is 32.7 Å². The van der Waals surface area contributed by atoms with E-state index in [0.717, 1.165) is 16.7 Å². The van der Waals surface area contributed by atoms with Crippen molar-refractivity contribution in [2.45, 2.75) is 13.5 Å². The Morgan fingerprint density at radius 1 is 1.05 bits per heavy atom. The van der Waals surface area contributed by atoms with Crippen molar-refractivity contribution in [2.75, 3.05) is 26.6 Å². The van der Waals surface area contributed by atoms with Gasteiger partial charge in [0.2, 0.25) is 5.75 Å². The Hall–Kier alpha value is -1.40. The maximum Gasteiger partial charge on any atom is 0.203 e. The van der Waals surface area contributed by atoms with Gasteiger partial charge in [0, 0.05) is 38.6 Å². The Kier molecular flexibility index (Phi) is 5.36. The summed E-state index contributed by atoms with van der Waals surface area (Å²) in [6.45, 7) is 2.84. The molecule has 2 rings (SSSR count). The van der Waals surface area contributed by atoms with Crippen LogP contribution in [0, 0.1) is 6.92 Å². The minimum Gasteiger partial charge on any atom is -0.493 e. The van der Waals surface area contributed by atoms with Crippen LogP contribution in [-0.4, -0.2) is 21.3 Å². The number of anilines is 1. The number of methoxy groups -OCH3 is 3. The summed E-state index contributed by atoms with van der Waals surface area (Å²) in [6, 6.07) is 5.93. The van der Waals surface area contributed by atoms with Gasteiger partial charge in [0.15, 0.2) is 11.5 Å². The first-order chi connectivity index (χ1) is 10.1. The molecule has 114 valence electrons. The van der Waals surface area contributed by atoms with Crippen LogP contribution in [0.3, 0.4) is 0 Å². The van der Waals surface area contributed by atoms with E-state index in [2.05, 4.69) is 34.2 Å². The number of thiophene rings is 1. The van der Waals surface area contributed by atoms with Crippen LogP contribution in [-0.2, 0) is 6.54 Å². The summed E-state index contributed by atoms with van der Waals surface area (Å²) >= 11 is 5.30. The zero-order valence-corrected chi connectivity index (χ0v) is 14.9. The van der Waals surface area contributed by atoms with Crippen LogP contribution in [0.25, 0.3) is 0 Å². The first kappa shape index (κ1) is 16.0. The molecule has 0 saturated heterocycles. The Morgan fingerprint density at radius 3 is 2.10 bits per heavy atom. The zero-order valence-electron chi connectivity index (χ0n) is 12.5. The Labute approximate surface area is 137 Å². The molecule has 0 saturated carbocycles. The first-order valence-corrected chi connectivity index (χ1v) is 7.98. The summed E-state index contributed by atoms with van der Waals surface area (Å²) in [7, 11) is 4.82. The van der Waals surface area contributed by atoms with Gasteiger partial charge in [-0.2, -0.15) is 0 Å². The van der Waals surface area contributed by atoms with Crippen LogP contribution >= 0.6 is 27.3 Å². The third kappa shape index (κ3) is 3.63. The highest BCUT2D eigenvalue weighted by molar-refractivity contribution is 9.10. The number of hydrogen-bond acceptors (Lipinski definition) is 5. The molecule has 0 aliphatic carbocycles. The van der Waals surface area contributed by atoms with Crippen molar-refractivity contribution in [2.24, 2.45) is 0 Å². The summed E-state index contributed by atoms with van der Waals surface area (Å²) in [5.41, 5.74) is 0.923. The lowest BCUT2D eigenvalue weighted by Gasteiger charge is -2.14. The number of aryl methyl sites for hydroxylation is 1. The van der Waals surface area contributed by atoms with Gasteiger partial charge in [0.1, 0.15) is 0 Å². The number of ether oxygens (including phenoxy) is 3. The van der Waals surface area contributed by atoms with E-state index < -0.39 is 0 Å². The molecule has 0 aliphatic rings. The lowest BCUT2D eigenvalue weighted by Crippen LogP contribution is -2.00. The molecule has 0 unspecified atom stereocenters. The molecule has 1 N–H and O–H groups in total. The van der Waals surface area contributed by atoms with Crippen molar-refractivity contribution >= 4 is 33.0 Å². The molecule has 0 bridgehead atoms. The topological polar surface area (TPSA) is 39.7 Å². The SMILES string of the molecule is COc1cc(NCc2cc(Br)c(C)s2)cc(OC)c1OC. The number of halogens is 1. The van der Waals surface area contributed by atoms with Crippen LogP contribution in [0.2, 0.25) is 0 Å². The van der Waals surface area contributed by atoms with E-state index in [1.165, 1.54) is 9.75 Å². The number of hydrogen-bond donors (Lipinski definition) is 1. The van der Waals surface area contributed by atoms with Crippen LogP contribution in [0.1, 0.15) is 9.75 Å². The molecule has 0 amide bonds. The second-order valence-electron chi connectivity index (χ2n) is 4.38. The third-order valence-corrected chi connectivity index (χ3v) is 5.18. The molecule has 6 heteroatoms. The highest BCUT2D eigenvalue weighted by atomic mass is 79.9. The zero-order chi connectivity index (χ0) is 15.4. The quantitative estimate of drug-likeness (QED) is 0.813. The smallest absolute Gasteiger partial charge is 0.203 e. The van der Waals surface area contributed by atoms with Gasteiger partial charge < -0.3 is 19.5 Å². The second kappa shape index (κ2) is 7.04. The van der Waals surface area contributed by atoms with Crippen LogP contribution in [0.5, 0.6) is 17.2 Å². The molecule has 0 aliphatic heterocycles. The van der Waals surface area contributed by atoms with Gasteiger partial charge in [-0.25, -0.2) is 0 Å². The lowest BCUT2D eigenvalue weighted by molar-refractivity contribution is 0.324. The number of nitrogens with one attached hydrogen (secondary N) is 1. The Balaban J connectivity index is 2.19. The second-order valence-corrected chi connectivity index (χ2v) is 6.58. The third-order valence-electron chi connectivity index (χ3n) is 3.04. The predicted octanol–water partition coefficient (Wildman–Crippen LogP) is 4.46. The maximum atomic E-state index is 5.34. The van der Waals surface area contributed by atoms with Crippen molar-refractivity contribution in [3.8, 4) is 17.2 Å². The van der Waals surface area contributed by atoms with Gasteiger partial charge in [0.05, 0.1) is 21.3 Å². The average Bonchev–Trinajstić information content (AvgIpc) is 2.82. The molecule has 1 aromatic heterocycles. The molecule has 0 fully saturated rings. The fourth-order valence-electron chi connectivity index (χ4n) is 1.98. The van der Waals surface area contributed by atoms with E-state index in [1.807, 2.05) is 12.1 Å². The predicted molar refractivity (Wildman–Crippen MR) is 90.2 cm³/mol. The molecule has 2 aromatic rings. The first-order valence-electron chi connectivity index (χ1n) is 6.37. The van der Waals surface area contributed by atoms with E-state index in [-0.39, 0.29) is 0 Å². The van der Waals surface area contributed by atoms with Crippen LogP contribution in [0.15, 0.2) is 22.7 Å². The standard InChI is InChI=1S/C15H18BrNO3S/c1-9-12(16)7-11(21-9)8-17-10-5-13(18-2)15(20-4)14(6-10)19-3/h5-7,17H,8H2,1-4H3.